The van der Waals surface area contributed by atoms with Crippen LogP contribution in [0.4, 0.5) is 5.69 Å². The van der Waals surface area contributed by atoms with Gasteiger partial charge in [0.25, 0.3) is 0 Å². The molecule has 1 aliphatic rings. The Balaban J connectivity index is 1.88. The van der Waals surface area contributed by atoms with E-state index in [0.717, 1.165) is 9.13 Å². The van der Waals surface area contributed by atoms with Crippen LogP contribution in [0.15, 0.2) is 47.1 Å². The maximum absolute atomic E-state index is 12.3. The number of methoxy groups -OCH3 is 1. The highest BCUT2D eigenvalue weighted by atomic mass is 127. The Morgan fingerprint density at radius 2 is 1.93 bits per heavy atom. The van der Waals surface area contributed by atoms with Gasteiger partial charge in [-0.05, 0) is 84.5 Å². The molecule has 1 aliphatic heterocycles. The highest BCUT2D eigenvalue weighted by Gasteiger charge is 2.24. The first kappa shape index (κ1) is 21.8. The molecule has 0 saturated carbocycles. The van der Waals surface area contributed by atoms with Gasteiger partial charge in [-0.3, -0.25) is 4.79 Å². The topological polar surface area (TPSA) is 86.2 Å². The number of hydrogen-bond donors (Lipinski definition) is 1. The summed E-state index contributed by atoms with van der Waals surface area (Å²) in [6.07, 6.45) is 1.65. The summed E-state index contributed by atoms with van der Waals surface area (Å²) in [4.78, 5) is 27.8. The quantitative estimate of drug-likeness (QED) is 0.347. The highest BCUT2D eigenvalue weighted by molar-refractivity contribution is 14.1. The van der Waals surface area contributed by atoms with Gasteiger partial charge in [-0.25, -0.2) is 9.79 Å². The largest absolute Gasteiger partial charge is 0.493 e. The summed E-state index contributed by atoms with van der Waals surface area (Å²) in [7, 11) is 1.57. The minimum absolute atomic E-state index is 0.00521. The molecule has 0 aromatic heterocycles. The van der Waals surface area contributed by atoms with Gasteiger partial charge in [0.15, 0.2) is 17.2 Å². The predicted octanol–water partition coefficient (Wildman–Crippen LogP) is 4.39. The van der Waals surface area contributed by atoms with Crippen LogP contribution >= 0.6 is 22.6 Å². The number of cyclic esters (lactones) is 1. The van der Waals surface area contributed by atoms with Crippen molar-refractivity contribution in [1.82, 2.24) is 0 Å². The number of nitrogens with zero attached hydrogens (tertiary/aromatic N) is 1. The predicted molar refractivity (Wildman–Crippen MR) is 123 cm³/mol. The number of anilines is 1. The first-order valence-electron chi connectivity index (χ1n) is 9.21. The van der Waals surface area contributed by atoms with Crippen LogP contribution in [-0.2, 0) is 14.3 Å². The van der Waals surface area contributed by atoms with E-state index in [0.29, 0.717) is 22.7 Å². The van der Waals surface area contributed by atoms with Gasteiger partial charge in [0.1, 0.15) is 0 Å². The lowest BCUT2D eigenvalue weighted by Gasteiger charge is -2.15. The van der Waals surface area contributed by atoms with Gasteiger partial charge >= 0.3 is 5.97 Å². The Morgan fingerprint density at radius 3 is 2.53 bits per heavy atom. The molecule has 1 amide bonds. The zero-order chi connectivity index (χ0) is 21.8. The number of esters is 1. The minimum atomic E-state index is -0.535. The lowest BCUT2D eigenvalue weighted by atomic mass is 10.1. The summed E-state index contributed by atoms with van der Waals surface area (Å²) in [5.41, 5.74) is 2.21. The SMILES string of the molecule is COc1cc(/C=C2\N=C(c3ccc(NC(C)=O)cc3)OC2=O)cc(I)c1OC(C)C. The summed E-state index contributed by atoms with van der Waals surface area (Å²) in [6, 6.07) is 10.6. The molecule has 0 saturated heterocycles. The second-order valence-electron chi connectivity index (χ2n) is 6.80. The molecule has 2 aromatic rings. The molecule has 1 heterocycles. The smallest absolute Gasteiger partial charge is 0.363 e. The Hall–Kier alpha value is -2.88. The van der Waals surface area contributed by atoms with Crippen molar-refractivity contribution in [3.8, 4) is 11.5 Å². The van der Waals surface area contributed by atoms with Crippen molar-refractivity contribution < 1.29 is 23.8 Å². The number of rotatable bonds is 6. The van der Waals surface area contributed by atoms with Crippen molar-refractivity contribution in [2.24, 2.45) is 4.99 Å². The molecule has 0 spiro atoms. The third-order valence-electron chi connectivity index (χ3n) is 3.98. The van der Waals surface area contributed by atoms with Crippen molar-refractivity contribution >= 4 is 52.1 Å². The number of carbonyl (C=O) groups excluding carboxylic acids is 2. The zero-order valence-corrected chi connectivity index (χ0v) is 19.1. The van der Waals surface area contributed by atoms with E-state index < -0.39 is 5.97 Å². The van der Waals surface area contributed by atoms with Gasteiger partial charge in [0, 0.05) is 18.2 Å². The standard InChI is InChI=1S/C22H21IN2O5/c1-12(2)29-20-17(23)9-14(11-19(20)28-4)10-18-22(27)30-21(25-18)15-5-7-16(8-6-15)24-13(3)26/h5-12H,1-4H3,(H,24,26)/b18-10-. The first-order chi connectivity index (χ1) is 14.3. The Labute approximate surface area is 188 Å². The molecule has 3 rings (SSSR count). The van der Waals surface area contributed by atoms with E-state index in [4.69, 9.17) is 14.2 Å². The molecule has 8 heteroatoms. The number of hydrogen-bond acceptors (Lipinski definition) is 6. The van der Waals surface area contributed by atoms with Crippen LogP contribution in [0.2, 0.25) is 0 Å². The summed E-state index contributed by atoms with van der Waals surface area (Å²) in [5.74, 6) is 0.751. The van der Waals surface area contributed by atoms with Crippen LogP contribution < -0.4 is 14.8 Å². The third kappa shape index (κ3) is 5.18. The van der Waals surface area contributed by atoms with Gasteiger partial charge in [0.05, 0.1) is 16.8 Å². The summed E-state index contributed by atoms with van der Waals surface area (Å²) in [5, 5.41) is 2.68. The maximum Gasteiger partial charge on any atom is 0.363 e. The van der Waals surface area contributed by atoms with Gasteiger partial charge in [-0.2, -0.15) is 0 Å². The minimum Gasteiger partial charge on any atom is -0.493 e. The van der Waals surface area contributed by atoms with Gasteiger partial charge in [-0.15, -0.1) is 0 Å². The van der Waals surface area contributed by atoms with Crippen LogP contribution in [0.1, 0.15) is 31.9 Å². The lowest BCUT2D eigenvalue weighted by molar-refractivity contribution is -0.129. The molecule has 1 N–H and O–H groups in total. The zero-order valence-electron chi connectivity index (χ0n) is 17.0. The van der Waals surface area contributed by atoms with E-state index in [2.05, 4.69) is 32.9 Å². The average molecular weight is 520 g/mol. The molecule has 30 heavy (non-hydrogen) atoms. The van der Waals surface area contributed by atoms with E-state index in [-0.39, 0.29) is 23.6 Å². The van der Waals surface area contributed by atoms with E-state index in [1.807, 2.05) is 19.9 Å². The van der Waals surface area contributed by atoms with Crippen LogP contribution in [0, 0.1) is 3.57 Å². The lowest BCUT2D eigenvalue weighted by Crippen LogP contribution is -2.08. The molecular formula is C22H21IN2O5. The fourth-order valence-electron chi connectivity index (χ4n) is 2.76. The Bertz CT molecular complexity index is 1040. The van der Waals surface area contributed by atoms with Gasteiger partial charge in [-0.1, -0.05) is 0 Å². The van der Waals surface area contributed by atoms with Gasteiger partial charge < -0.3 is 19.5 Å². The second-order valence-corrected chi connectivity index (χ2v) is 7.96. The van der Waals surface area contributed by atoms with E-state index >= 15 is 0 Å². The van der Waals surface area contributed by atoms with Crippen molar-refractivity contribution in [3.05, 3.63) is 56.8 Å². The molecule has 0 fully saturated rings. The van der Waals surface area contributed by atoms with E-state index in [1.54, 1.807) is 43.5 Å². The Kier molecular flexibility index (Phi) is 6.76. The normalized spacial score (nSPS) is 14.5. The van der Waals surface area contributed by atoms with Crippen molar-refractivity contribution in [2.45, 2.75) is 26.9 Å². The Morgan fingerprint density at radius 1 is 1.23 bits per heavy atom. The van der Waals surface area contributed by atoms with Crippen LogP contribution in [0.25, 0.3) is 6.08 Å². The van der Waals surface area contributed by atoms with Crippen LogP contribution in [0.5, 0.6) is 11.5 Å². The summed E-state index contributed by atoms with van der Waals surface area (Å²) in [6.45, 7) is 5.32. The molecule has 0 unspecified atom stereocenters. The summed E-state index contributed by atoms with van der Waals surface area (Å²) < 4.78 is 17.4. The van der Waals surface area contributed by atoms with E-state index in [1.165, 1.54) is 6.92 Å². The number of nitrogens with one attached hydrogen (secondary N) is 1. The summed E-state index contributed by atoms with van der Waals surface area (Å²) >= 11 is 2.17. The number of aliphatic imine (C=N–C) groups is 1. The first-order valence-corrected chi connectivity index (χ1v) is 10.3. The molecule has 0 bridgehead atoms. The van der Waals surface area contributed by atoms with Crippen LogP contribution in [0.3, 0.4) is 0 Å². The maximum atomic E-state index is 12.3. The van der Waals surface area contributed by atoms with Crippen molar-refractivity contribution in [1.29, 1.82) is 0 Å². The molecule has 156 valence electrons. The molecule has 0 aliphatic carbocycles. The van der Waals surface area contributed by atoms with Crippen molar-refractivity contribution in [2.75, 3.05) is 12.4 Å². The monoisotopic (exact) mass is 520 g/mol. The molecule has 7 nitrogen and oxygen atoms in total. The number of ether oxygens (including phenoxy) is 3. The molecule has 0 atom stereocenters. The molecule has 0 radical (unpaired) electrons. The second kappa shape index (κ2) is 9.29. The number of carbonyl (C=O) groups is 2. The fourth-order valence-corrected chi connectivity index (χ4v) is 3.52. The molecule has 2 aromatic carbocycles. The number of amides is 1. The third-order valence-corrected chi connectivity index (χ3v) is 4.78. The van der Waals surface area contributed by atoms with Crippen LogP contribution in [-0.4, -0.2) is 31.0 Å². The number of benzene rings is 2. The number of halogens is 1. The van der Waals surface area contributed by atoms with Gasteiger partial charge in [0.2, 0.25) is 11.8 Å². The van der Waals surface area contributed by atoms with Crippen molar-refractivity contribution in [3.63, 3.8) is 0 Å². The highest BCUT2D eigenvalue weighted by Crippen LogP contribution is 2.35. The fraction of sp³-hybridized carbons (Fsp3) is 0.227. The average Bonchev–Trinajstić information content (AvgIpc) is 3.04. The van der Waals surface area contributed by atoms with E-state index in [9.17, 15) is 9.59 Å². The molecular weight excluding hydrogens is 499 g/mol.